The number of thiol groups is 2. The van der Waals surface area contributed by atoms with Crippen molar-refractivity contribution < 1.29 is 58.5 Å². The molecule has 1 aromatic heterocycles. The van der Waals surface area contributed by atoms with Gasteiger partial charge in [-0.2, -0.15) is 25.3 Å². The summed E-state index contributed by atoms with van der Waals surface area (Å²) in [6.45, 7) is 0.150. The predicted molar refractivity (Wildman–Crippen MR) is 185 cm³/mol. The summed E-state index contributed by atoms with van der Waals surface area (Å²) in [4.78, 5) is 118. The number of nitrogens with zero attached hydrogens (tertiary/aromatic N) is 1. The molecule has 1 rings (SSSR count). The van der Waals surface area contributed by atoms with E-state index in [0.717, 1.165) is 0 Å². The molecule has 0 aliphatic rings. The van der Waals surface area contributed by atoms with Crippen molar-refractivity contribution in [3.63, 3.8) is 0 Å². The van der Waals surface area contributed by atoms with Gasteiger partial charge in [0, 0.05) is 42.7 Å². The normalized spacial score (nSPS) is 14.9. The Hall–Kier alpha value is -4.94. The number of carbonyl (C=O) groups excluding carboxylic acids is 7. The Morgan fingerprint density at radius 2 is 1.23 bits per heavy atom. The minimum Gasteiger partial charge on any atom is -0.481 e. The summed E-state index contributed by atoms with van der Waals surface area (Å²) in [5.41, 5.74) is 11.3. The van der Waals surface area contributed by atoms with E-state index in [0.29, 0.717) is 5.69 Å². The number of aromatic nitrogens is 2. The highest BCUT2D eigenvalue weighted by Gasteiger charge is 2.33. The fourth-order valence-corrected chi connectivity index (χ4v) is 4.57. The predicted octanol–water partition coefficient (Wildman–Crippen LogP) is -5.73. The average Bonchev–Trinajstić information content (AvgIpc) is 3.61. The minimum atomic E-state index is -1.73. The van der Waals surface area contributed by atoms with Crippen LogP contribution in [0.2, 0.25) is 0 Å². The molecule has 0 unspecified atom stereocenters. The highest BCUT2D eigenvalue weighted by Crippen LogP contribution is 2.05. The SMILES string of the molecule is C[C@H](NC(=O)[C@H](CCC(=O)O)NC(=O)[C@H](Cc1cnc[nH]1)NC(=O)[C@@H](N)CS)C(=O)N[C@@H](CO)C(=O)N[C@@H](CCC(N)=O)C(=O)N[C@@H](CS)C(=O)O. The molecular formula is C28H44N10O12S2. The second-order valence-corrected chi connectivity index (χ2v) is 12.0. The van der Waals surface area contributed by atoms with Gasteiger partial charge in [-0.3, -0.25) is 38.4 Å². The monoisotopic (exact) mass is 776 g/mol. The molecule has 0 bridgehead atoms. The van der Waals surface area contributed by atoms with E-state index in [-0.39, 0.29) is 24.3 Å². The maximum atomic E-state index is 13.3. The third-order valence-electron chi connectivity index (χ3n) is 7.10. The lowest BCUT2D eigenvalue weighted by atomic mass is 10.1. The first-order chi connectivity index (χ1) is 24.4. The molecule has 0 spiro atoms. The number of rotatable bonds is 24. The van der Waals surface area contributed by atoms with E-state index in [4.69, 9.17) is 11.5 Å². The first-order valence-electron chi connectivity index (χ1n) is 15.5. The van der Waals surface area contributed by atoms with E-state index in [1.807, 2.05) is 0 Å². The van der Waals surface area contributed by atoms with Gasteiger partial charge in [0.1, 0.15) is 36.3 Å². The second-order valence-electron chi connectivity index (χ2n) is 11.2. The number of hydrogen-bond acceptors (Lipinski definition) is 14. The van der Waals surface area contributed by atoms with Gasteiger partial charge in [0.15, 0.2) is 0 Å². The number of nitrogens with two attached hydrogens (primary N) is 2. The molecule has 0 saturated carbocycles. The summed E-state index contributed by atoms with van der Waals surface area (Å²) in [5, 5.41) is 41.8. The summed E-state index contributed by atoms with van der Waals surface area (Å²) in [5.74, 6) is -9.84. The Labute approximate surface area is 307 Å². The van der Waals surface area contributed by atoms with Crippen LogP contribution >= 0.6 is 25.3 Å². The van der Waals surface area contributed by atoms with Gasteiger partial charge >= 0.3 is 11.9 Å². The molecule has 22 nitrogen and oxygen atoms in total. The van der Waals surface area contributed by atoms with Crippen LogP contribution in [-0.4, -0.2) is 139 Å². The molecule has 0 saturated heterocycles. The summed E-state index contributed by atoms with van der Waals surface area (Å²) in [6.07, 6.45) is 0.750. The molecule has 7 atom stereocenters. The topological polar surface area (TPSA) is 367 Å². The van der Waals surface area contributed by atoms with Gasteiger partial charge in [0.05, 0.1) is 19.0 Å². The fraction of sp³-hybridized carbons (Fsp3) is 0.571. The lowest BCUT2D eigenvalue weighted by molar-refractivity contribution is -0.142. The number of H-pyrrole nitrogens is 1. The number of primary amides is 1. The Balaban J connectivity index is 3.07. The molecule has 52 heavy (non-hydrogen) atoms. The maximum Gasteiger partial charge on any atom is 0.327 e. The van der Waals surface area contributed by atoms with Crippen molar-refractivity contribution in [1.29, 1.82) is 0 Å². The lowest BCUT2D eigenvalue weighted by Gasteiger charge is -2.26. The molecule has 0 aromatic carbocycles. The van der Waals surface area contributed by atoms with Gasteiger partial charge in [-0.15, -0.1) is 0 Å². The summed E-state index contributed by atoms with van der Waals surface area (Å²) >= 11 is 7.80. The molecule has 0 fully saturated rings. The molecule has 290 valence electrons. The standard InChI is InChI=1S/C28H44N10O12S2/c1-12(22(43)37-18(8-39)27(48)35-15(2-4-20(30)40)25(46)38-19(10-52)28(49)50)33-24(45)16(3-5-21(41)42)34-26(47)17(6-13-7-31-11-32-13)36-23(44)14(29)9-51/h7,11-12,14-19,39,51-52H,2-6,8-10,29H2,1H3,(H2,30,40)(H,31,32)(H,33,45)(H,34,47)(H,35,48)(H,36,44)(H,37,43)(H,38,46)(H,41,42)(H,49,50)/t12-,14-,15-,16-,17-,18-,19-/m0/s1. The first kappa shape index (κ1) is 45.1. The van der Waals surface area contributed by atoms with Gasteiger partial charge in [0.2, 0.25) is 41.4 Å². The number of nitrogens with one attached hydrogen (secondary N) is 7. The van der Waals surface area contributed by atoms with E-state index >= 15 is 0 Å². The van der Waals surface area contributed by atoms with Crippen LogP contribution in [0.1, 0.15) is 38.3 Å². The highest BCUT2D eigenvalue weighted by molar-refractivity contribution is 7.80. The number of aliphatic hydroxyl groups is 1. The summed E-state index contributed by atoms with van der Waals surface area (Å²) < 4.78 is 0. The van der Waals surface area contributed by atoms with E-state index in [9.17, 15) is 58.5 Å². The zero-order valence-corrected chi connectivity index (χ0v) is 29.7. The van der Waals surface area contributed by atoms with Crippen molar-refractivity contribution in [3.05, 3.63) is 18.2 Å². The number of carboxylic acids is 2. The third kappa shape index (κ3) is 15.9. The van der Waals surface area contributed by atoms with Crippen LogP contribution < -0.4 is 43.4 Å². The van der Waals surface area contributed by atoms with Gasteiger partial charge in [-0.1, -0.05) is 0 Å². The molecule has 1 aromatic rings. The van der Waals surface area contributed by atoms with Crippen LogP contribution in [0.15, 0.2) is 12.5 Å². The third-order valence-corrected chi connectivity index (χ3v) is 7.86. The highest BCUT2D eigenvalue weighted by atomic mass is 32.1. The molecule has 0 aliphatic heterocycles. The van der Waals surface area contributed by atoms with Gasteiger partial charge < -0.3 is 63.7 Å². The van der Waals surface area contributed by atoms with Crippen LogP contribution in [0.3, 0.4) is 0 Å². The van der Waals surface area contributed by atoms with Crippen molar-refractivity contribution >= 4 is 78.5 Å². The number of carbonyl (C=O) groups is 9. The molecule has 24 heteroatoms. The first-order valence-corrected chi connectivity index (χ1v) is 16.8. The fourth-order valence-electron chi connectivity index (χ4n) is 4.15. The average molecular weight is 777 g/mol. The second kappa shape index (κ2) is 22.8. The van der Waals surface area contributed by atoms with Crippen molar-refractivity contribution in [2.75, 3.05) is 18.1 Å². The van der Waals surface area contributed by atoms with Crippen LogP contribution in [-0.2, 0) is 49.6 Å². The zero-order valence-electron chi connectivity index (χ0n) is 27.9. The Kier molecular flexibility index (Phi) is 19.8. The number of imidazole rings is 1. The van der Waals surface area contributed by atoms with Crippen molar-refractivity contribution in [2.24, 2.45) is 11.5 Å². The molecule has 0 aliphatic carbocycles. The van der Waals surface area contributed by atoms with Gasteiger partial charge in [-0.05, 0) is 19.8 Å². The number of hydrogen-bond donors (Lipinski definition) is 14. The van der Waals surface area contributed by atoms with E-state index in [1.165, 1.54) is 19.4 Å². The summed E-state index contributed by atoms with van der Waals surface area (Å²) in [7, 11) is 0. The minimum absolute atomic E-state index is 0.0541. The molecule has 1 heterocycles. The van der Waals surface area contributed by atoms with Crippen LogP contribution in [0.5, 0.6) is 0 Å². The van der Waals surface area contributed by atoms with E-state index in [2.05, 4.69) is 67.1 Å². The van der Waals surface area contributed by atoms with Crippen molar-refractivity contribution in [2.45, 2.75) is 81.3 Å². The van der Waals surface area contributed by atoms with Crippen LogP contribution in [0, 0.1) is 0 Å². The van der Waals surface area contributed by atoms with Gasteiger partial charge in [0.25, 0.3) is 0 Å². The lowest BCUT2D eigenvalue weighted by Crippen LogP contribution is -2.60. The van der Waals surface area contributed by atoms with Crippen molar-refractivity contribution in [1.82, 2.24) is 41.9 Å². The summed E-state index contributed by atoms with van der Waals surface area (Å²) in [6, 6.07) is -10.1. The number of carboxylic acid groups (broad SMARTS) is 2. The van der Waals surface area contributed by atoms with Crippen molar-refractivity contribution in [3.8, 4) is 0 Å². The molecule has 0 radical (unpaired) electrons. The van der Waals surface area contributed by atoms with Crippen LogP contribution in [0.25, 0.3) is 0 Å². The number of aliphatic hydroxyl groups excluding tert-OH is 1. The van der Waals surface area contributed by atoms with Gasteiger partial charge in [-0.25, -0.2) is 9.78 Å². The number of aromatic amines is 1. The molecule has 7 amide bonds. The molecule has 14 N–H and O–H groups in total. The Bertz CT molecular complexity index is 1430. The largest absolute Gasteiger partial charge is 0.481 e. The van der Waals surface area contributed by atoms with E-state index < -0.39 is 121 Å². The smallest absolute Gasteiger partial charge is 0.327 e. The molecular weight excluding hydrogens is 732 g/mol. The Morgan fingerprint density at radius 3 is 1.71 bits per heavy atom. The number of aliphatic carboxylic acids is 2. The zero-order chi connectivity index (χ0) is 39.5. The maximum absolute atomic E-state index is 13.3. The Morgan fingerprint density at radius 1 is 0.731 bits per heavy atom. The number of amides is 7. The van der Waals surface area contributed by atoms with E-state index in [1.54, 1.807) is 0 Å². The quantitative estimate of drug-likeness (QED) is 0.0435. The van der Waals surface area contributed by atoms with Crippen LogP contribution in [0.4, 0.5) is 0 Å².